The van der Waals surface area contributed by atoms with Crippen molar-refractivity contribution in [1.82, 2.24) is 5.32 Å². The molecule has 3 aromatic rings. The smallest absolute Gasteiger partial charge is 0.251 e. The molecule has 0 aromatic heterocycles. The van der Waals surface area contributed by atoms with E-state index in [1.165, 1.54) is 6.07 Å². The Morgan fingerprint density at radius 1 is 0.964 bits per heavy atom. The molecule has 0 saturated carbocycles. The molecule has 0 radical (unpaired) electrons. The Hall–Kier alpha value is -3.96. The van der Waals surface area contributed by atoms with Gasteiger partial charge in [0.1, 0.15) is 5.82 Å². The van der Waals surface area contributed by atoms with Gasteiger partial charge < -0.3 is 5.32 Å². The third-order valence-corrected chi connectivity index (χ3v) is 4.95. The minimum Gasteiger partial charge on any atom is -0.348 e. The van der Waals surface area contributed by atoms with Gasteiger partial charge in [-0.25, -0.2) is 4.39 Å². The van der Waals surface area contributed by atoms with Crippen LogP contribution in [0.1, 0.15) is 32.6 Å². The van der Waals surface area contributed by atoms with Gasteiger partial charge in [0.25, 0.3) is 5.91 Å². The highest BCUT2D eigenvalue weighted by Gasteiger charge is 2.24. The fourth-order valence-corrected chi connectivity index (χ4v) is 3.50. The summed E-state index contributed by atoms with van der Waals surface area (Å²) in [5.74, 6) is -0.724. The number of carbonyl (C=O) groups excluding carboxylic acids is 1. The van der Waals surface area contributed by atoms with Crippen LogP contribution in [-0.4, -0.2) is 5.91 Å². The topological polar surface area (TPSA) is 76.7 Å². The number of nitrogens with one attached hydrogen (secondary N) is 1. The quantitative estimate of drug-likeness (QED) is 0.727. The Kier molecular flexibility index (Phi) is 4.14. The first-order valence-corrected chi connectivity index (χ1v) is 8.68. The van der Waals surface area contributed by atoms with Crippen LogP contribution in [0.3, 0.4) is 0 Å². The summed E-state index contributed by atoms with van der Waals surface area (Å²) in [5.41, 5.74) is 5.12. The van der Waals surface area contributed by atoms with Gasteiger partial charge in [-0.05, 0) is 71.1 Å². The fourth-order valence-electron chi connectivity index (χ4n) is 3.50. The molecule has 0 unspecified atom stereocenters. The van der Waals surface area contributed by atoms with Crippen LogP contribution in [0.4, 0.5) is 4.39 Å². The standard InChI is InChI=1S/C23H14FN3O/c1-13-5-21(22(24)8-16(13)11-26)20-9-19-17(12-27-23(19)28)7-18(20)15-4-2-3-14(6-15)10-25/h2-9H,12H2,1H3,(H,27,28). The van der Waals surface area contributed by atoms with Crippen molar-refractivity contribution in [3.63, 3.8) is 0 Å². The summed E-state index contributed by atoms with van der Waals surface area (Å²) in [4.78, 5) is 12.2. The van der Waals surface area contributed by atoms with E-state index >= 15 is 0 Å². The van der Waals surface area contributed by atoms with Crippen LogP contribution in [0, 0.1) is 35.4 Å². The molecule has 134 valence electrons. The largest absolute Gasteiger partial charge is 0.348 e. The number of nitriles is 2. The third-order valence-electron chi connectivity index (χ3n) is 4.95. The average Bonchev–Trinajstić information content (AvgIpc) is 3.08. The summed E-state index contributed by atoms with van der Waals surface area (Å²) >= 11 is 0. The summed E-state index contributed by atoms with van der Waals surface area (Å²) in [6.45, 7) is 2.16. The van der Waals surface area contributed by atoms with Gasteiger partial charge in [0.2, 0.25) is 0 Å². The van der Waals surface area contributed by atoms with Crippen LogP contribution in [-0.2, 0) is 6.54 Å². The maximum Gasteiger partial charge on any atom is 0.251 e. The molecule has 1 aliphatic rings. The molecule has 5 heteroatoms. The number of hydrogen-bond acceptors (Lipinski definition) is 3. The molecule has 1 N–H and O–H groups in total. The zero-order valence-corrected chi connectivity index (χ0v) is 15.0. The Labute approximate surface area is 161 Å². The Morgan fingerprint density at radius 2 is 1.79 bits per heavy atom. The van der Waals surface area contributed by atoms with E-state index in [4.69, 9.17) is 5.26 Å². The van der Waals surface area contributed by atoms with Crippen molar-refractivity contribution in [1.29, 1.82) is 10.5 Å². The number of hydrogen-bond donors (Lipinski definition) is 1. The van der Waals surface area contributed by atoms with Crippen molar-refractivity contribution in [2.45, 2.75) is 13.5 Å². The predicted octanol–water partition coefficient (Wildman–Crippen LogP) is 4.45. The minimum atomic E-state index is -0.529. The number of fused-ring (bicyclic) bond motifs is 1. The van der Waals surface area contributed by atoms with Gasteiger partial charge in [-0.2, -0.15) is 10.5 Å². The number of nitrogens with zero attached hydrogens (tertiary/aromatic N) is 2. The van der Waals surface area contributed by atoms with E-state index in [0.29, 0.717) is 34.4 Å². The summed E-state index contributed by atoms with van der Waals surface area (Å²) < 4.78 is 14.9. The highest BCUT2D eigenvalue weighted by atomic mass is 19.1. The van der Waals surface area contributed by atoms with E-state index < -0.39 is 5.82 Å². The molecule has 1 aliphatic heterocycles. The van der Waals surface area contributed by atoms with E-state index in [1.807, 2.05) is 18.2 Å². The molecule has 1 heterocycles. The van der Waals surface area contributed by atoms with Crippen LogP contribution >= 0.6 is 0 Å². The summed E-state index contributed by atoms with van der Waals surface area (Å²) in [7, 11) is 0. The number of aryl methyl sites for hydroxylation is 1. The van der Waals surface area contributed by atoms with E-state index in [0.717, 1.165) is 16.7 Å². The normalized spacial score (nSPS) is 12.1. The molecule has 0 saturated heterocycles. The zero-order chi connectivity index (χ0) is 19.8. The molecule has 3 aromatic carbocycles. The van der Waals surface area contributed by atoms with E-state index in [2.05, 4.69) is 11.4 Å². The first-order valence-electron chi connectivity index (χ1n) is 8.68. The molecule has 4 rings (SSSR count). The van der Waals surface area contributed by atoms with Crippen LogP contribution in [0.5, 0.6) is 0 Å². The van der Waals surface area contributed by atoms with Gasteiger partial charge in [-0.1, -0.05) is 12.1 Å². The van der Waals surface area contributed by atoms with E-state index in [-0.39, 0.29) is 11.5 Å². The van der Waals surface area contributed by atoms with E-state index in [9.17, 15) is 14.4 Å². The number of rotatable bonds is 2. The highest BCUT2D eigenvalue weighted by molar-refractivity contribution is 6.01. The molecule has 0 atom stereocenters. The van der Waals surface area contributed by atoms with Crippen molar-refractivity contribution in [3.05, 3.63) is 82.2 Å². The SMILES string of the molecule is Cc1cc(-c2cc3c(cc2-c2cccc(C#N)c2)CNC3=O)c(F)cc1C#N. The zero-order valence-electron chi connectivity index (χ0n) is 15.0. The van der Waals surface area contributed by atoms with Crippen molar-refractivity contribution in [2.75, 3.05) is 0 Å². The molecule has 0 aliphatic carbocycles. The van der Waals surface area contributed by atoms with Crippen LogP contribution in [0.15, 0.2) is 48.5 Å². The second kappa shape index (κ2) is 6.64. The van der Waals surface area contributed by atoms with Crippen molar-refractivity contribution >= 4 is 5.91 Å². The highest BCUT2D eigenvalue weighted by Crippen LogP contribution is 2.38. The van der Waals surface area contributed by atoms with Gasteiger partial charge in [0.05, 0.1) is 23.3 Å². The van der Waals surface area contributed by atoms with Crippen molar-refractivity contribution < 1.29 is 9.18 Å². The first-order chi connectivity index (χ1) is 13.5. The molecule has 28 heavy (non-hydrogen) atoms. The molecule has 4 nitrogen and oxygen atoms in total. The van der Waals surface area contributed by atoms with Gasteiger partial charge in [-0.15, -0.1) is 0 Å². The summed E-state index contributed by atoms with van der Waals surface area (Å²) in [6, 6.07) is 17.6. The van der Waals surface area contributed by atoms with Gasteiger partial charge in [0.15, 0.2) is 0 Å². The van der Waals surface area contributed by atoms with Gasteiger partial charge in [0, 0.05) is 17.7 Å². The number of carbonyl (C=O) groups is 1. The fraction of sp³-hybridized carbons (Fsp3) is 0.0870. The lowest BCUT2D eigenvalue weighted by Gasteiger charge is -2.15. The lowest BCUT2D eigenvalue weighted by molar-refractivity contribution is 0.0966. The second-order valence-corrected chi connectivity index (χ2v) is 6.69. The Balaban J connectivity index is 2.03. The minimum absolute atomic E-state index is 0.195. The molecule has 0 spiro atoms. The van der Waals surface area contributed by atoms with Crippen LogP contribution in [0.2, 0.25) is 0 Å². The summed E-state index contributed by atoms with van der Waals surface area (Å²) in [5, 5.41) is 21.2. The summed E-state index contributed by atoms with van der Waals surface area (Å²) in [6.07, 6.45) is 0. The Morgan fingerprint density at radius 3 is 2.54 bits per heavy atom. The third kappa shape index (κ3) is 2.80. The molecule has 0 bridgehead atoms. The maximum atomic E-state index is 14.9. The monoisotopic (exact) mass is 367 g/mol. The molecule has 1 amide bonds. The average molecular weight is 367 g/mol. The Bertz CT molecular complexity index is 1230. The van der Waals surface area contributed by atoms with Crippen LogP contribution in [0.25, 0.3) is 22.3 Å². The van der Waals surface area contributed by atoms with Crippen molar-refractivity contribution in [2.24, 2.45) is 0 Å². The van der Waals surface area contributed by atoms with E-state index in [1.54, 1.807) is 37.3 Å². The van der Waals surface area contributed by atoms with Gasteiger partial charge in [-0.3, -0.25) is 4.79 Å². The van der Waals surface area contributed by atoms with Crippen molar-refractivity contribution in [3.8, 4) is 34.4 Å². The van der Waals surface area contributed by atoms with Gasteiger partial charge >= 0.3 is 0 Å². The molecular formula is C23H14FN3O. The predicted molar refractivity (Wildman–Crippen MR) is 103 cm³/mol. The lowest BCUT2D eigenvalue weighted by Crippen LogP contribution is -2.12. The first kappa shape index (κ1) is 17.5. The molecular weight excluding hydrogens is 353 g/mol. The van der Waals surface area contributed by atoms with Crippen LogP contribution < -0.4 is 5.32 Å². The maximum absolute atomic E-state index is 14.9. The number of halogens is 1. The molecule has 0 fully saturated rings. The lowest BCUT2D eigenvalue weighted by atomic mass is 9.89. The number of amides is 1. The number of benzene rings is 3. The second-order valence-electron chi connectivity index (χ2n) is 6.69.